The number of carbonyl (C=O) groups is 3. The lowest BCUT2D eigenvalue weighted by atomic mass is 9.94. The molecular formula is C19H24N2O4. The van der Waals surface area contributed by atoms with E-state index < -0.39 is 0 Å². The van der Waals surface area contributed by atoms with Gasteiger partial charge in [-0.05, 0) is 38.0 Å². The van der Waals surface area contributed by atoms with Gasteiger partial charge in [0.2, 0.25) is 0 Å². The van der Waals surface area contributed by atoms with Gasteiger partial charge in [0.15, 0.2) is 0 Å². The van der Waals surface area contributed by atoms with E-state index in [0.717, 1.165) is 32.1 Å². The molecule has 0 saturated heterocycles. The van der Waals surface area contributed by atoms with Crippen molar-refractivity contribution in [3.05, 3.63) is 34.9 Å². The minimum Gasteiger partial charge on any atom is -0.383 e. The Balaban J connectivity index is 1.80. The standard InChI is InChI=1S/C19H24N2O4/c1-12(11-25-2)20-17(22)13-8-9-15-16(10-13)19(24)21(18(15)23)14-6-4-3-5-7-14/h8-10,12,14H,3-7,11H2,1-2H3,(H,20,22). The number of methoxy groups -OCH3 is 1. The van der Waals surface area contributed by atoms with Gasteiger partial charge in [-0.25, -0.2) is 0 Å². The minimum absolute atomic E-state index is 0.0137. The third-order valence-electron chi connectivity index (χ3n) is 4.91. The minimum atomic E-state index is -0.274. The molecule has 25 heavy (non-hydrogen) atoms. The maximum Gasteiger partial charge on any atom is 0.261 e. The van der Waals surface area contributed by atoms with Crippen molar-refractivity contribution in [1.29, 1.82) is 0 Å². The summed E-state index contributed by atoms with van der Waals surface area (Å²) < 4.78 is 5.01. The Kier molecular flexibility index (Phi) is 5.18. The fourth-order valence-corrected chi connectivity index (χ4v) is 3.67. The second kappa shape index (κ2) is 7.35. The number of nitrogens with one attached hydrogen (secondary N) is 1. The molecule has 3 amide bonds. The smallest absolute Gasteiger partial charge is 0.261 e. The summed E-state index contributed by atoms with van der Waals surface area (Å²) in [5, 5.41) is 2.82. The van der Waals surface area contributed by atoms with E-state index >= 15 is 0 Å². The number of imide groups is 1. The zero-order valence-electron chi connectivity index (χ0n) is 14.7. The van der Waals surface area contributed by atoms with E-state index in [2.05, 4.69) is 5.32 Å². The predicted molar refractivity (Wildman–Crippen MR) is 92.6 cm³/mol. The van der Waals surface area contributed by atoms with Crippen molar-refractivity contribution in [2.75, 3.05) is 13.7 Å². The molecule has 1 aliphatic carbocycles. The fraction of sp³-hybridized carbons (Fsp3) is 0.526. The molecule has 0 bridgehead atoms. The Hall–Kier alpha value is -2.21. The first-order chi connectivity index (χ1) is 12.0. The van der Waals surface area contributed by atoms with Crippen LogP contribution in [0, 0.1) is 0 Å². The molecule has 6 heteroatoms. The van der Waals surface area contributed by atoms with Gasteiger partial charge in [0.25, 0.3) is 17.7 Å². The molecule has 6 nitrogen and oxygen atoms in total. The van der Waals surface area contributed by atoms with Crippen LogP contribution in [0.5, 0.6) is 0 Å². The molecule has 1 aromatic rings. The summed E-state index contributed by atoms with van der Waals surface area (Å²) in [7, 11) is 1.57. The average molecular weight is 344 g/mol. The van der Waals surface area contributed by atoms with Crippen LogP contribution in [0.1, 0.15) is 70.1 Å². The average Bonchev–Trinajstić information content (AvgIpc) is 2.86. The number of hydrogen-bond donors (Lipinski definition) is 1. The molecule has 2 aliphatic rings. The zero-order chi connectivity index (χ0) is 18.0. The quantitative estimate of drug-likeness (QED) is 0.832. The number of benzene rings is 1. The monoisotopic (exact) mass is 344 g/mol. The second-order valence-corrected chi connectivity index (χ2v) is 6.86. The highest BCUT2D eigenvalue weighted by molar-refractivity contribution is 6.22. The topological polar surface area (TPSA) is 75.7 Å². The third kappa shape index (κ3) is 3.44. The van der Waals surface area contributed by atoms with Gasteiger partial charge in [-0.1, -0.05) is 19.3 Å². The fourth-order valence-electron chi connectivity index (χ4n) is 3.67. The Labute approximate surface area is 147 Å². The van der Waals surface area contributed by atoms with E-state index in [1.54, 1.807) is 19.2 Å². The lowest BCUT2D eigenvalue weighted by molar-refractivity contribution is 0.0549. The molecule has 1 aromatic carbocycles. The lowest BCUT2D eigenvalue weighted by Crippen LogP contribution is -2.40. The van der Waals surface area contributed by atoms with Crippen molar-refractivity contribution in [2.45, 2.75) is 51.1 Å². The van der Waals surface area contributed by atoms with Crippen LogP contribution in [0.15, 0.2) is 18.2 Å². The van der Waals surface area contributed by atoms with Gasteiger partial charge in [0.1, 0.15) is 0 Å². The van der Waals surface area contributed by atoms with Gasteiger partial charge in [-0.15, -0.1) is 0 Å². The number of carbonyl (C=O) groups excluding carboxylic acids is 3. The molecule has 1 fully saturated rings. The van der Waals surface area contributed by atoms with Crippen LogP contribution < -0.4 is 5.32 Å². The molecule has 0 radical (unpaired) electrons. The Bertz CT molecular complexity index is 695. The molecule has 1 atom stereocenters. The van der Waals surface area contributed by atoms with Crippen molar-refractivity contribution >= 4 is 17.7 Å². The van der Waals surface area contributed by atoms with Crippen LogP contribution in [0.3, 0.4) is 0 Å². The molecule has 0 spiro atoms. The van der Waals surface area contributed by atoms with E-state index in [0.29, 0.717) is 23.3 Å². The van der Waals surface area contributed by atoms with Gasteiger partial charge in [-0.2, -0.15) is 0 Å². The van der Waals surface area contributed by atoms with E-state index in [9.17, 15) is 14.4 Å². The van der Waals surface area contributed by atoms with Crippen LogP contribution in [0.2, 0.25) is 0 Å². The highest BCUT2D eigenvalue weighted by Crippen LogP contribution is 2.31. The highest BCUT2D eigenvalue weighted by atomic mass is 16.5. The maximum atomic E-state index is 12.8. The number of fused-ring (bicyclic) bond motifs is 1. The van der Waals surface area contributed by atoms with Crippen LogP contribution in [-0.4, -0.2) is 48.4 Å². The summed E-state index contributed by atoms with van der Waals surface area (Å²) in [4.78, 5) is 39.1. The van der Waals surface area contributed by atoms with E-state index in [1.165, 1.54) is 11.0 Å². The van der Waals surface area contributed by atoms with Gasteiger partial charge in [0.05, 0.1) is 17.7 Å². The summed E-state index contributed by atoms with van der Waals surface area (Å²) in [6.45, 7) is 2.25. The van der Waals surface area contributed by atoms with Crippen molar-refractivity contribution in [3.8, 4) is 0 Å². The van der Waals surface area contributed by atoms with Crippen LogP contribution >= 0.6 is 0 Å². The van der Waals surface area contributed by atoms with Crippen LogP contribution in [0.25, 0.3) is 0 Å². The third-order valence-corrected chi connectivity index (χ3v) is 4.91. The molecule has 1 unspecified atom stereocenters. The molecule has 1 aliphatic heterocycles. The largest absolute Gasteiger partial charge is 0.383 e. The van der Waals surface area contributed by atoms with E-state index in [4.69, 9.17) is 4.74 Å². The predicted octanol–water partition coefficient (Wildman–Crippen LogP) is 2.38. The molecule has 3 rings (SSSR count). The van der Waals surface area contributed by atoms with Crippen molar-refractivity contribution in [3.63, 3.8) is 0 Å². The molecule has 0 aromatic heterocycles. The van der Waals surface area contributed by atoms with Gasteiger partial charge < -0.3 is 10.1 Å². The Morgan fingerprint density at radius 3 is 2.56 bits per heavy atom. The van der Waals surface area contributed by atoms with Gasteiger partial charge >= 0.3 is 0 Å². The first-order valence-electron chi connectivity index (χ1n) is 8.84. The normalized spacial score (nSPS) is 19.0. The van der Waals surface area contributed by atoms with Gasteiger partial charge in [-0.3, -0.25) is 19.3 Å². The first-order valence-corrected chi connectivity index (χ1v) is 8.84. The molecule has 134 valence electrons. The second-order valence-electron chi connectivity index (χ2n) is 6.86. The number of rotatable bonds is 5. The number of hydrogen-bond acceptors (Lipinski definition) is 4. The van der Waals surface area contributed by atoms with E-state index in [-0.39, 0.29) is 29.8 Å². The molecule has 1 N–H and O–H groups in total. The summed E-state index contributed by atoms with van der Waals surface area (Å²) in [6.07, 6.45) is 4.98. The first kappa shape index (κ1) is 17.6. The van der Waals surface area contributed by atoms with Crippen molar-refractivity contribution in [2.24, 2.45) is 0 Å². The van der Waals surface area contributed by atoms with Crippen molar-refractivity contribution in [1.82, 2.24) is 10.2 Å². The van der Waals surface area contributed by atoms with Crippen LogP contribution in [0.4, 0.5) is 0 Å². The number of nitrogens with zero attached hydrogens (tertiary/aromatic N) is 1. The molecule has 1 saturated carbocycles. The summed E-state index contributed by atoms with van der Waals surface area (Å²) in [5.41, 5.74) is 1.12. The molecular weight excluding hydrogens is 320 g/mol. The zero-order valence-corrected chi connectivity index (χ0v) is 14.7. The summed E-state index contributed by atoms with van der Waals surface area (Å²) in [5.74, 6) is -0.776. The number of amides is 3. The maximum absolute atomic E-state index is 12.8. The summed E-state index contributed by atoms with van der Waals surface area (Å²) >= 11 is 0. The lowest BCUT2D eigenvalue weighted by Gasteiger charge is -2.29. The Morgan fingerprint density at radius 2 is 1.88 bits per heavy atom. The SMILES string of the molecule is COCC(C)NC(=O)c1ccc2c(c1)C(=O)N(C1CCCCC1)C2=O. The Morgan fingerprint density at radius 1 is 1.20 bits per heavy atom. The van der Waals surface area contributed by atoms with Crippen molar-refractivity contribution < 1.29 is 19.1 Å². The highest BCUT2D eigenvalue weighted by Gasteiger charge is 2.40. The molecule has 1 heterocycles. The van der Waals surface area contributed by atoms with Crippen LogP contribution in [-0.2, 0) is 4.74 Å². The summed E-state index contributed by atoms with van der Waals surface area (Å²) in [6, 6.07) is 4.58. The number of ether oxygens (including phenoxy) is 1. The van der Waals surface area contributed by atoms with Gasteiger partial charge in [0, 0.05) is 24.8 Å². The van der Waals surface area contributed by atoms with E-state index in [1.807, 2.05) is 6.92 Å².